The number of aliphatic imine (C=N–C) groups is 1. The summed E-state index contributed by atoms with van der Waals surface area (Å²) >= 11 is 0. The molecule has 0 spiro atoms. The highest BCUT2D eigenvalue weighted by Crippen LogP contribution is 2.17. The minimum atomic E-state index is -3.38. The summed E-state index contributed by atoms with van der Waals surface area (Å²) in [6, 6.07) is 17.9. The molecule has 162 valence electrons. The molecule has 1 atom stereocenters. The molecule has 0 amide bonds. The Balaban J connectivity index is 1.64. The van der Waals surface area contributed by atoms with Gasteiger partial charge in [-0.15, -0.1) is 0 Å². The number of guanidine groups is 1. The maximum Gasteiger partial charge on any atom is 0.218 e. The van der Waals surface area contributed by atoms with Crippen molar-refractivity contribution >= 4 is 16.0 Å². The largest absolute Gasteiger partial charge is 0.379 e. The summed E-state index contributed by atoms with van der Waals surface area (Å²) in [4.78, 5) is 4.30. The Hall–Kier alpha value is -2.42. The van der Waals surface area contributed by atoms with Crippen LogP contribution in [0.1, 0.15) is 29.7 Å². The summed E-state index contributed by atoms with van der Waals surface area (Å²) in [6.45, 7) is 4.28. The van der Waals surface area contributed by atoms with Gasteiger partial charge in [-0.2, -0.15) is 4.31 Å². The van der Waals surface area contributed by atoms with Gasteiger partial charge in [0.2, 0.25) is 10.0 Å². The van der Waals surface area contributed by atoms with Crippen LogP contribution < -0.4 is 10.6 Å². The molecule has 1 fully saturated rings. The molecule has 0 aliphatic carbocycles. The average molecular weight is 431 g/mol. The first-order chi connectivity index (χ1) is 14.5. The first-order valence-corrected chi connectivity index (χ1v) is 11.7. The van der Waals surface area contributed by atoms with Gasteiger partial charge in [0.15, 0.2) is 5.96 Å². The van der Waals surface area contributed by atoms with Crippen LogP contribution in [0.5, 0.6) is 0 Å². The second-order valence-electron chi connectivity index (χ2n) is 7.24. The van der Waals surface area contributed by atoms with E-state index < -0.39 is 10.0 Å². The number of morpholine rings is 1. The van der Waals surface area contributed by atoms with Crippen LogP contribution in [0.4, 0.5) is 0 Å². The SMILES string of the molecule is CN=C(NCc1ccccc1CS(=O)(=O)N1CCOCC1)NC(C)c1ccccc1. The molecule has 0 aromatic heterocycles. The predicted molar refractivity (Wildman–Crippen MR) is 120 cm³/mol. The van der Waals surface area contributed by atoms with E-state index >= 15 is 0 Å². The lowest BCUT2D eigenvalue weighted by molar-refractivity contribution is 0.0729. The summed E-state index contributed by atoms with van der Waals surface area (Å²) in [7, 11) is -1.65. The zero-order valence-electron chi connectivity index (χ0n) is 17.5. The Labute approximate surface area is 179 Å². The summed E-state index contributed by atoms with van der Waals surface area (Å²) in [5.74, 6) is 0.648. The van der Waals surface area contributed by atoms with Crippen molar-refractivity contribution in [2.75, 3.05) is 33.4 Å². The number of rotatable bonds is 7. The highest BCUT2D eigenvalue weighted by Gasteiger charge is 2.25. The molecule has 1 saturated heterocycles. The lowest BCUT2D eigenvalue weighted by Crippen LogP contribution is -2.41. The van der Waals surface area contributed by atoms with Gasteiger partial charge in [0, 0.05) is 26.7 Å². The maximum atomic E-state index is 12.8. The quantitative estimate of drug-likeness (QED) is 0.520. The average Bonchev–Trinajstić information content (AvgIpc) is 2.78. The third kappa shape index (κ3) is 6.04. The number of hydrogen-bond donors (Lipinski definition) is 2. The molecule has 0 saturated carbocycles. The summed E-state index contributed by atoms with van der Waals surface area (Å²) < 4.78 is 32.4. The highest BCUT2D eigenvalue weighted by atomic mass is 32.2. The van der Waals surface area contributed by atoms with E-state index in [0.29, 0.717) is 38.8 Å². The number of sulfonamides is 1. The third-order valence-corrected chi connectivity index (χ3v) is 6.97. The summed E-state index contributed by atoms with van der Waals surface area (Å²) in [5.41, 5.74) is 2.89. The first kappa shape index (κ1) is 22.3. The molecule has 8 heteroatoms. The number of ether oxygens (including phenoxy) is 1. The van der Waals surface area contributed by atoms with Crippen molar-refractivity contribution in [2.24, 2.45) is 4.99 Å². The topological polar surface area (TPSA) is 83.0 Å². The van der Waals surface area contributed by atoms with Gasteiger partial charge in [0.1, 0.15) is 0 Å². The Morgan fingerprint density at radius 3 is 2.37 bits per heavy atom. The highest BCUT2D eigenvalue weighted by molar-refractivity contribution is 7.88. The molecule has 2 N–H and O–H groups in total. The second-order valence-corrected chi connectivity index (χ2v) is 9.21. The van der Waals surface area contributed by atoms with Crippen molar-refractivity contribution in [1.29, 1.82) is 0 Å². The number of benzene rings is 2. The summed E-state index contributed by atoms with van der Waals surface area (Å²) in [5, 5.41) is 6.67. The minimum absolute atomic E-state index is 0.0166. The Morgan fingerprint density at radius 2 is 1.70 bits per heavy atom. The van der Waals surface area contributed by atoms with Gasteiger partial charge in [-0.05, 0) is 23.6 Å². The van der Waals surface area contributed by atoms with Crippen LogP contribution in [-0.4, -0.2) is 52.0 Å². The maximum absolute atomic E-state index is 12.8. The molecule has 3 rings (SSSR count). The van der Waals surface area contributed by atoms with Crippen molar-refractivity contribution in [3.8, 4) is 0 Å². The van der Waals surface area contributed by atoms with E-state index in [9.17, 15) is 8.42 Å². The molecule has 7 nitrogen and oxygen atoms in total. The van der Waals surface area contributed by atoms with Gasteiger partial charge in [-0.25, -0.2) is 8.42 Å². The fraction of sp³-hybridized carbons (Fsp3) is 0.409. The van der Waals surface area contributed by atoms with Gasteiger partial charge < -0.3 is 15.4 Å². The van der Waals surface area contributed by atoms with Crippen LogP contribution in [0.25, 0.3) is 0 Å². The second kappa shape index (κ2) is 10.6. The Kier molecular flexibility index (Phi) is 7.84. The van der Waals surface area contributed by atoms with E-state index in [2.05, 4.69) is 34.7 Å². The molecule has 2 aromatic rings. The number of nitrogens with one attached hydrogen (secondary N) is 2. The standard InChI is InChI=1S/C22H30N4O3S/c1-18(19-8-4-3-5-9-19)25-22(23-2)24-16-20-10-6-7-11-21(20)17-30(27,28)26-12-14-29-15-13-26/h3-11,18H,12-17H2,1-2H3,(H2,23,24,25). The van der Waals surface area contributed by atoms with E-state index in [1.54, 1.807) is 7.05 Å². The smallest absolute Gasteiger partial charge is 0.218 e. The number of hydrogen-bond acceptors (Lipinski definition) is 4. The van der Waals surface area contributed by atoms with Gasteiger partial charge in [-0.1, -0.05) is 54.6 Å². The van der Waals surface area contributed by atoms with Crippen LogP contribution in [0.3, 0.4) is 0 Å². The monoisotopic (exact) mass is 430 g/mol. The Bertz CT molecular complexity index is 942. The lowest BCUT2D eigenvalue weighted by atomic mass is 10.1. The van der Waals surface area contributed by atoms with Gasteiger partial charge in [-0.3, -0.25) is 4.99 Å². The van der Waals surface area contributed by atoms with E-state index in [0.717, 1.165) is 16.7 Å². The zero-order chi connectivity index (χ0) is 21.4. The molecule has 2 aromatic carbocycles. The van der Waals surface area contributed by atoms with Crippen molar-refractivity contribution in [3.63, 3.8) is 0 Å². The molecule has 0 bridgehead atoms. The fourth-order valence-electron chi connectivity index (χ4n) is 3.39. The van der Waals surface area contributed by atoms with Crippen LogP contribution >= 0.6 is 0 Å². The van der Waals surface area contributed by atoms with Gasteiger partial charge >= 0.3 is 0 Å². The molecule has 1 heterocycles. The molecule has 1 aliphatic heterocycles. The van der Waals surface area contributed by atoms with Crippen molar-refractivity contribution in [2.45, 2.75) is 25.3 Å². The molecular weight excluding hydrogens is 400 g/mol. The first-order valence-electron chi connectivity index (χ1n) is 10.1. The van der Waals surface area contributed by atoms with Crippen LogP contribution in [0.15, 0.2) is 59.6 Å². The van der Waals surface area contributed by atoms with Crippen LogP contribution in [-0.2, 0) is 27.1 Å². The van der Waals surface area contributed by atoms with Crippen molar-refractivity contribution < 1.29 is 13.2 Å². The Morgan fingerprint density at radius 1 is 1.07 bits per heavy atom. The van der Waals surface area contributed by atoms with Crippen LogP contribution in [0.2, 0.25) is 0 Å². The molecule has 30 heavy (non-hydrogen) atoms. The van der Waals surface area contributed by atoms with Crippen molar-refractivity contribution in [1.82, 2.24) is 14.9 Å². The molecular formula is C22H30N4O3S. The van der Waals surface area contributed by atoms with E-state index in [-0.39, 0.29) is 11.8 Å². The fourth-order valence-corrected chi connectivity index (χ4v) is 4.95. The number of nitrogens with zero attached hydrogens (tertiary/aromatic N) is 2. The van der Waals surface area contributed by atoms with E-state index in [1.165, 1.54) is 4.31 Å². The van der Waals surface area contributed by atoms with Gasteiger partial charge in [0.05, 0.1) is 25.0 Å². The van der Waals surface area contributed by atoms with Crippen molar-refractivity contribution in [3.05, 3.63) is 71.3 Å². The molecule has 1 aliphatic rings. The van der Waals surface area contributed by atoms with E-state index in [1.807, 2.05) is 42.5 Å². The predicted octanol–water partition coefficient (Wildman–Crippen LogP) is 2.27. The molecule has 1 unspecified atom stereocenters. The minimum Gasteiger partial charge on any atom is -0.379 e. The zero-order valence-corrected chi connectivity index (χ0v) is 18.4. The van der Waals surface area contributed by atoms with Crippen LogP contribution in [0, 0.1) is 0 Å². The lowest BCUT2D eigenvalue weighted by Gasteiger charge is -2.26. The summed E-state index contributed by atoms with van der Waals surface area (Å²) in [6.07, 6.45) is 0. The van der Waals surface area contributed by atoms with Gasteiger partial charge in [0.25, 0.3) is 0 Å². The third-order valence-electron chi connectivity index (χ3n) is 5.14. The van der Waals surface area contributed by atoms with E-state index in [4.69, 9.17) is 4.74 Å². The molecule has 0 radical (unpaired) electrons. The normalized spacial score (nSPS) is 16.8.